The van der Waals surface area contributed by atoms with E-state index in [0.717, 1.165) is 32.8 Å². The molecule has 0 aromatic carbocycles. The quantitative estimate of drug-likeness (QED) is 0.718. The molecule has 1 fully saturated rings. The van der Waals surface area contributed by atoms with Crippen LogP contribution in [0.5, 0.6) is 0 Å². The van der Waals surface area contributed by atoms with E-state index in [9.17, 15) is 0 Å². The van der Waals surface area contributed by atoms with E-state index in [1.165, 1.54) is 19.3 Å². The Bertz CT molecular complexity index is 169. The standard InChI is InChI=1S/C13H28N2O/c1-4-14-9-12(2)10-15(3)11-13-7-5-6-8-16-13/h12-14H,4-11H2,1-3H3. The third kappa shape index (κ3) is 5.83. The van der Waals surface area contributed by atoms with Crippen molar-refractivity contribution in [2.75, 3.05) is 39.8 Å². The molecule has 2 unspecified atom stereocenters. The average molecular weight is 228 g/mol. The highest BCUT2D eigenvalue weighted by atomic mass is 16.5. The molecular formula is C13H28N2O. The monoisotopic (exact) mass is 228 g/mol. The predicted molar refractivity (Wildman–Crippen MR) is 68.8 cm³/mol. The zero-order valence-corrected chi connectivity index (χ0v) is 11.2. The zero-order chi connectivity index (χ0) is 11.8. The zero-order valence-electron chi connectivity index (χ0n) is 11.2. The summed E-state index contributed by atoms with van der Waals surface area (Å²) in [6, 6.07) is 0. The summed E-state index contributed by atoms with van der Waals surface area (Å²) in [6.07, 6.45) is 4.30. The Morgan fingerprint density at radius 2 is 2.25 bits per heavy atom. The number of nitrogens with one attached hydrogen (secondary N) is 1. The van der Waals surface area contributed by atoms with Crippen molar-refractivity contribution in [2.24, 2.45) is 5.92 Å². The molecule has 1 saturated heterocycles. The SMILES string of the molecule is CCNCC(C)CN(C)CC1CCCCO1. The van der Waals surface area contributed by atoms with Crippen molar-refractivity contribution in [3.8, 4) is 0 Å². The second-order valence-corrected chi connectivity index (χ2v) is 5.12. The summed E-state index contributed by atoms with van der Waals surface area (Å²) in [6.45, 7) is 9.87. The molecule has 0 bridgehead atoms. The minimum absolute atomic E-state index is 0.477. The van der Waals surface area contributed by atoms with Crippen LogP contribution in [0.25, 0.3) is 0 Å². The van der Waals surface area contributed by atoms with E-state index >= 15 is 0 Å². The summed E-state index contributed by atoms with van der Waals surface area (Å²) in [5.74, 6) is 0.716. The van der Waals surface area contributed by atoms with Gasteiger partial charge in [0.2, 0.25) is 0 Å². The molecule has 0 spiro atoms. The lowest BCUT2D eigenvalue weighted by Gasteiger charge is -2.29. The van der Waals surface area contributed by atoms with E-state index < -0.39 is 0 Å². The van der Waals surface area contributed by atoms with Gasteiger partial charge in [0.05, 0.1) is 6.10 Å². The van der Waals surface area contributed by atoms with Crippen LogP contribution in [-0.4, -0.2) is 50.8 Å². The van der Waals surface area contributed by atoms with Gasteiger partial charge in [0.1, 0.15) is 0 Å². The third-order valence-corrected chi connectivity index (χ3v) is 3.16. The Labute approximate surface area is 101 Å². The van der Waals surface area contributed by atoms with Crippen molar-refractivity contribution in [1.29, 1.82) is 0 Å². The Hall–Kier alpha value is -0.120. The first-order valence-electron chi connectivity index (χ1n) is 6.73. The molecule has 3 nitrogen and oxygen atoms in total. The molecule has 1 aliphatic heterocycles. The van der Waals surface area contributed by atoms with E-state index in [1.54, 1.807) is 0 Å². The van der Waals surface area contributed by atoms with Crippen LogP contribution in [0.1, 0.15) is 33.1 Å². The van der Waals surface area contributed by atoms with E-state index in [1.807, 2.05) is 0 Å². The van der Waals surface area contributed by atoms with Gasteiger partial charge >= 0.3 is 0 Å². The Kier molecular flexibility index (Phi) is 7.01. The van der Waals surface area contributed by atoms with Gasteiger partial charge in [-0.05, 0) is 45.3 Å². The van der Waals surface area contributed by atoms with Crippen molar-refractivity contribution in [3.63, 3.8) is 0 Å². The summed E-state index contributed by atoms with van der Waals surface area (Å²) < 4.78 is 5.75. The van der Waals surface area contributed by atoms with E-state index in [2.05, 4.69) is 31.1 Å². The lowest BCUT2D eigenvalue weighted by molar-refractivity contribution is -0.00311. The Morgan fingerprint density at radius 3 is 2.88 bits per heavy atom. The minimum Gasteiger partial charge on any atom is -0.377 e. The van der Waals surface area contributed by atoms with Crippen molar-refractivity contribution in [3.05, 3.63) is 0 Å². The molecule has 1 heterocycles. The van der Waals surface area contributed by atoms with E-state index in [0.29, 0.717) is 12.0 Å². The smallest absolute Gasteiger partial charge is 0.0701 e. The first-order valence-corrected chi connectivity index (χ1v) is 6.73. The molecule has 16 heavy (non-hydrogen) atoms. The molecule has 1 aliphatic rings. The van der Waals surface area contributed by atoms with Gasteiger partial charge in [-0.1, -0.05) is 13.8 Å². The molecule has 3 heteroatoms. The van der Waals surface area contributed by atoms with Gasteiger partial charge < -0.3 is 15.0 Å². The highest BCUT2D eigenvalue weighted by molar-refractivity contribution is 4.69. The van der Waals surface area contributed by atoms with Crippen molar-refractivity contribution in [1.82, 2.24) is 10.2 Å². The van der Waals surface area contributed by atoms with Crippen LogP contribution >= 0.6 is 0 Å². The Balaban J connectivity index is 2.11. The van der Waals surface area contributed by atoms with Crippen LogP contribution in [0.15, 0.2) is 0 Å². The van der Waals surface area contributed by atoms with Gasteiger partial charge in [-0.25, -0.2) is 0 Å². The fourth-order valence-electron chi connectivity index (χ4n) is 2.36. The van der Waals surface area contributed by atoms with Crippen molar-refractivity contribution < 1.29 is 4.74 Å². The maximum absolute atomic E-state index is 5.75. The highest BCUT2D eigenvalue weighted by Gasteiger charge is 2.16. The average Bonchev–Trinajstić information content (AvgIpc) is 2.27. The second kappa shape index (κ2) is 8.04. The molecule has 0 saturated carbocycles. The summed E-state index contributed by atoms with van der Waals surface area (Å²) in [4.78, 5) is 2.41. The molecule has 1 N–H and O–H groups in total. The first kappa shape index (κ1) is 13.9. The van der Waals surface area contributed by atoms with Crippen molar-refractivity contribution >= 4 is 0 Å². The van der Waals surface area contributed by atoms with Gasteiger partial charge in [0.25, 0.3) is 0 Å². The molecule has 1 rings (SSSR count). The van der Waals surface area contributed by atoms with Crippen LogP contribution in [0.3, 0.4) is 0 Å². The van der Waals surface area contributed by atoms with Gasteiger partial charge in [-0.15, -0.1) is 0 Å². The van der Waals surface area contributed by atoms with Gasteiger partial charge in [0, 0.05) is 19.7 Å². The van der Waals surface area contributed by atoms with Gasteiger partial charge in [0.15, 0.2) is 0 Å². The lowest BCUT2D eigenvalue weighted by atomic mass is 10.1. The van der Waals surface area contributed by atoms with Crippen LogP contribution in [0, 0.1) is 5.92 Å². The summed E-state index contributed by atoms with van der Waals surface area (Å²) in [5, 5.41) is 3.40. The maximum atomic E-state index is 5.75. The predicted octanol–water partition coefficient (Wildman–Crippen LogP) is 1.73. The molecular weight excluding hydrogens is 200 g/mol. The second-order valence-electron chi connectivity index (χ2n) is 5.12. The number of rotatable bonds is 7. The fraction of sp³-hybridized carbons (Fsp3) is 1.00. The van der Waals surface area contributed by atoms with Gasteiger partial charge in [-0.2, -0.15) is 0 Å². The molecule has 2 atom stereocenters. The molecule has 0 aromatic heterocycles. The number of ether oxygens (including phenoxy) is 1. The normalized spacial score (nSPS) is 23.6. The Morgan fingerprint density at radius 1 is 1.44 bits per heavy atom. The van der Waals surface area contributed by atoms with Crippen LogP contribution in [0.2, 0.25) is 0 Å². The summed E-state index contributed by atoms with van der Waals surface area (Å²) in [7, 11) is 2.21. The van der Waals surface area contributed by atoms with Crippen LogP contribution in [0.4, 0.5) is 0 Å². The molecule has 0 aliphatic carbocycles. The molecule has 96 valence electrons. The number of hydrogen-bond acceptors (Lipinski definition) is 3. The number of nitrogens with zero attached hydrogens (tertiary/aromatic N) is 1. The minimum atomic E-state index is 0.477. The van der Waals surface area contributed by atoms with Crippen LogP contribution in [-0.2, 0) is 4.74 Å². The molecule has 0 amide bonds. The summed E-state index contributed by atoms with van der Waals surface area (Å²) in [5.41, 5.74) is 0. The first-order chi connectivity index (χ1) is 7.72. The topological polar surface area (TPSA) is 24.5 Å². The maximum Gasteiger partial charge on any atom is 0.0701 e. The largest absolute Gasteiger partial charge is 0.377 e. The molecule has 0 aromatic rings. The van der Waals surface area contributed by atoms with Crippen LogP contribution < -0.4 is 5.32 Å². The third-order valence-electron chi connectivity index (χ3n) is 3.16. The highest BCUT2D eigenvalue weighted by Crippen LogP contribution is 2.13. The van der Waals surface area contributed by atoms with Gasteiger partial charge in [-0.3, -0.25) is 0 Å². The number of hydrogen-bond donors (Lipinski definition) is 1. The molecule has 0 radical (unpaired) electrons. The lowest BCUT2D eigenvalue weighted by Crippen LogP contribution is -2.37. The van der Waals surface area contributed by atoms with Crippen molar-refractivity contribution in [2.45, 2.75) is 39.2 Å². The van der Waals surface area contributed by atoms with E-state index in [-0.39, 0.29) is 0 Å². The number of likely N-dealkylation sites (N-methyl/N-ethyl adjacent to an activating group) is 1. The fourth-order valence-corrected chi connectivity index (χ4v) is 2.36. The van der Waals surface area contributed by atoms with E-state index in [4.69, 9.17) is 4.74 Å². The summed E-state index contributed by atoms with van der Waals surface area (Å²) >= 11 is 0.